The van der Waals surface area contributed by atoms with E-state index in [1.807, 2.05) is 0 Å². The first kappa shape index (κ1) is 13.5. The Kier molecular flexibility index (Phi) is 4.00. The Balaban J connectivity index is 1.70. The summed E-state index contributed by atoms with van der Waals surface area (Å²) in [5.41, 5.74) is 5.78. The Morgan fingerprint density at radius 3 is 2.55 bits per heavy atom. The molecule has 1 aromatic rings. The van der Waals surface area contributed by atoms with Crippen LogP contribution >= 0.6 is 0 Å². The standard InChI is InChI=1S/C12H20N6OS/c13-10-15-11(14-9-3-7-20(19)8-4-9)17-12(16-10)18-5-1-2-6-18/h9H,1-8H2,(H3,13,14,15,16,17). The number of hydrogen-bond donors (Lipinski definition) is 2. The number of anilines is 3. The lowest BCUT2D eigenvalue weighted by Gasteiger charge is -2.23. The zero-order chi connectivity index (χ0) is 13.9. The number of nitrogens with two attached hydrogens (primary N) is 1. The van der Waals surface area contributed by atoms with E-state index in [1.54, 1.807) is 0 Å². The van der Waals surface area contributed by atoms with E-state index in [4.69, 9.17) is 5.73 Å². The van der Waals surface area contributed by atoms with Crippen molar-refractivity contribution >= 4 is 28.6 Å². The highest BCUT2D eigenvalue weighted by Gasteiger charge is 2.20. The highest BCUT2D eigenvalue weighted by Crippen LogP contribution is 2.19. The molecule has 0 unspecified atom stereocenters. The minimum Gasteiger partial charge on any atom is -0.368 e. The first-order chi connectivity index (χ1) is 9.70. The van der Waals surface area contributed by atoms with Crippen molar-refractivity contribution in [1.82, 2.24) is 15.0 Å². The summed E-state index contributed by atoms with van der Waals surface area (Å²) in [6, 6.07) is 0.279. The molecule has 0 radical (unpaired) electrons. The number of aromatic nitrogens is 3. The predicted octanol–water partition coefficient (Wildman–Crippen LogP) is 0.377. The minimum absolute atomic E-state index is 0.254. The van der Waals surface area contributed by atoms with Gasteiger partial charge in [-0.15, -0.1) is 0 Å². The van der Waals surface area contributed by atoms with E-state index in [0.717, 1.165) is 37.4 Å². The third-order valence-electron chi connectivity index (χ3n) is 3.75. The molecule has 7 nitrogen and oxygen atoms in total. The van der Waals surface area contributed by atoms with Crippen LogP contribution in [0.4, 0.5) is 17.8 Å². The fraction of sp³-hybridized carbons (Fsp3) is 0.750. The summed E-state index contributed by atoms with van der Waals surface area (Å²) >= 11 is 0. The normalized spacial score (nSPS) is 26.7. The van der Waals surface area contributed by atoms with Crippen LogP contribution < -0.4 is 16.0 Å². The molecule has 2 aliphatic heterocycles. The first-order valence-corrected chi connectivity index (χ1v) is 8.57. The lowest BCUT2D eigenvalue weighted by Crippen LogP contribution is -2.31. The van der Waals surface area contributed by atoms with Crippen LogP contribution in [0.1, 0.15) is 25.7 Å². The summed E-state index contributed by atoms with van der Waals surface area (Å²) in [6.45, 7) is 1.95. The number of nitrogens with one attached hydrogen (secondary N) is 1. The third kappa shape index (κ3) is 3.17. The van der Waals surface area contributed by atoms with Crippen molar-refractivity contribution in [3.8, 4) is 0 Å². The lowest BCUT2D eigenvalue weighted by atomic mass is 10.2. The molecular weight excluding hydrogens is 276 g/mol. The summed E-state index contributed by atoms with van der Waals surface area (Å²) in [6.07, 6.45) is 4.11. The van der Waals surface area contributed by atoms with Crippen molar-refractivity contribution in [3.63, 3.8) is 0 Å². The van der Waals surface area contributed by atoms with Crippen molar-refractivity contribution in [2.24, 2.45) is 0 Å². The molecule has 0 atom stereocenters. The molecule has 2 fully saturated rings. The Morgan fingerprint density at radius 2 is 1.85 bits per heavy atom. The summed E-state index contributed by atoms with van der Waals surface area (Å²) in [5, 5.41) is 3.30. The molecule has 0 saturated carbocycles. The second-order valence-electron chi connectivity index (χ2n) is 5.28. The van der Waals surface area contributed by atoms with Crippen molar-refractivity contribution in [2.75, 3.05) is 40.5 Å². The van der Waals surface area contributed by atoms with Gasteiger partial charge in [-0.3, -0.25) is 4.21 Å². The van der Waals surface area contributed by atoms with Gasteiger partial charge in [0.05, 0.1) is 0 Å². The van der Waals surface area contributed by atoms with Gasteiger partial charge in [-0.05, 0) is 25.7 Å². The van der Waals surface area contributed by atoms with Crippen molar-refractivity contribution in [1.29, 1.82) is 0 Å². The van der Waals surface area contributed by atoms with Gasteiger partial charge >= 0.3 is 0 Å². The fourth-order valence-electron chi connectivity index (χ4n) is 2.62. The number of hydrogen-bond acceptors (Lipinski definition) is 7. The van der Waals surface area contributed by atoms with Gasteiger partial charge in [0.1, 0.15) is 0 Å². The Morgan fingerprint density at radius 1 is 1.15 bits per heavy atom. The summed E-state index contributed by atoms with van der Waals surface area (Å²) < 4.78 is 11.4. The van der Waals surface area contributed by atoms with Crippen molar-refractivity contribution in [3.05, 3.63) is 0 Å². The Bertz CT molecular complexity index is 495. The maximum absolute atomic E-state index is 11.4. The van der Waals surface area contributed by atoms with Crippen molar-refractivity contribution in [2.45, 2.75) is 31.7 Å². The number of nitrogens with zero attached hydrogens (tertiary/aromatic N) is 4. The molecule has 2 saturated heterocycles. The van der Waals surface area contributed by atoms with Crippen LogP contribution in [-0.4, -0.2) is 49.8 Å². The first-order valence-electron chi connectivity index (χ1n) is 7.09. The molecule has 3 heterocycles. The van der Waals surface area contributed by atoms with Crippen LogP contribution in [0, 0.1) is 0 Å². The molecule has 0 bridgehead atoms. The predicted molar refractivity (Wildman–Crippen MR) is 80.2 cm³/mol. The summed E-state index contributed by atoms with van der Waals surface area (Å²) in [7, 11) is -0.656. The van der Waals surface area contributed by atoms with Gasteiger partial charge in [0.2, 0.25) is 17.8 Å². The van der Waals surface area contributed by atoms with Crippen LogP contribution in [0.2, 0.25) is 0 Å². The zero-order valence-corrected chi connectivity index (χ0v) is 12.2. The van der Waals surface area contributed by atoms with Gasteiger partial charge < -0.3 is 16.0 Å². The van der Waals surface area contributed by atoms with E-state index >= 15 is 0 Å². The maximum atomic E-state index is 11.4. The largest absolute Gasteiger partial charge is 0.368 e. The second-order valence-corrected chi connectivity index (χ2v) is 6.97. The molecule has 2 aliphatic rings. The monoisotopic (exact) mass is 296 g/mol. The highest BCUT2D eigenvalue weighted by atomic mass is 32.2. The minimum atomic E-state index is -0.656. The average Bonchev–Trinajstić information content (AvgIpc) is 2.95. The van der Waals surface area contributed by atoms with Gasteiger partial charge in [-0.2, -0.15) is 15.0 Å². The van der Waals surface area contributed by atoms with Crippen LogP contribution in [0.15, 0.2) is 0 Å². The van der Waals surface area contributed by atoms with E-state index in [-0.39, 0.29) is 12.0 Å². The van der Waals surface area contributed by atoms with Crippen molar-refractivity contribution < 1.29 is 4.21 Å². The van der Waals surface area contributed by atoms with Crippen LogP contribution in [0.3, 0.4) is 0 Å². The zero-order valence-electron chi connectivity index (χ0n) is 11.4. The SMILES string of the molecule is Nc1nc(NC2CCS(=O)CC2)nc(N2CCCC2)n1. The molecular formula is C12H20N6OS. The molecule has 0 spiro atoms. The van der Waals surface area contributed by atoms with E-state index in [9.17, 15) is 4.21 Å². The average molecular weight is 296 g/mol. The molecule has 0 amide bonds. The molecule has 0 aromatic carbocycles. The summed E-state index contributed by atoms with van der Waals surface area (Å²) in [4.78, 5) is 15.0. The topological polar surface area (TPSA) is 97.0 Å². The molecule has 8 heteroatoms. The van der Waals surface area contributed by atoms with E-state index < -0.39 is 10.8 Å². The van der Waals surface area contributed by atoms with Gasteiger partial charge in [-0.1, -0.05) is 0 Å². The second kappa shape index (κ2) is 5.90. The smallest absolute Gasteiger partial charge is 0.231 e. The molecule has 3 rings (SSSR count). The molecule has 0 aliphatic carbocycles. The molecule has 1 aromatic heterocycles. The Labute approximate surface area is 120 Å². The van der Waals surface area contributed by atoms with Gasteiger partial charge in [0.15, 0.2) is 0 Å². The van der Waals surface area contributed by atoms with E-state index in [1.165, 1.54) is 12.8 Å². The highest BCUT2D eigenvalue weighted by molar-refractivity contribution is 7.85. The van der Waals surface area contributed by atoms with Crippen LogP contribution in [0.5, 0.6) is 0 Å². The molecule has 3 N–H and O–H groups in total. The van der Waals surface area contributed by atoms with Gasteiger partial charge in [-0.25, -0.2) is 0 Å². The summed E-state index contributed by atoms with van der Waals surface area (Å²) in [5.74, 6) is 2.95. The molecule has 20 heavy (non-hydrogen) atoms. The van der Waals surface area contributed by atoms with E-state index in [0.29, 0.717) is 11.9 Å². The third-order valence-corrected chi connectivity index (χ3v) is 5.13. The number of nitrogen functional groups attached to an aromatic ring is 1. The fourth-order valence-corrected chi connectivity index (χ4v) is 3.92. The maximum Gasteiger partial charge on any atom is 0.231 e. The van der Waals surface area contributed by atoms with Crippen LogP contribution in [0.25, 0.3) is 0 Å². The van der Waals surface area contributed by atoms with Crippen LogP contribution in [-0.2, 0) is 10.8 Å². The van der Waals surface area contributed by atoms with E-state index in [2.05, 4.69) is 25.2 Å². The van der Waals surface area contributed by atoms with Gasteiger partial charge in [0.25, 0.3) is 0 Å². The lowest BCUT2D eigenvalue weighted by molar-refractivity contribution is 0.620. The Hall–Kier alpha value is -1.44. The van der Waals surface area contributed by atoms with Gasteiger partial charge in [0, 0.05) is 41.4 Å². The molecule has 110 valence electrons. The number of rotatable bonds is 3. The quantitative estimate of drug-likeness (QED) is 0.832.